The molecule has 2 heterocycles. The number of nitrogens with zero attached hydrogens (tertiary/aromatic N) is 5. The van der Waals surface area contributed by atoms with Crippen LogP contribution in [0.4, 0.5) is 0 Å². The van der Waals surface area contributed by atoms with Crippen LogP contribution in [0.1, 0.15) is 11.1 Å². The molecule has 0 atom stereocenters. The van der Waals surface area contributed by atoms with E-state index in [1.807, 2.05) is 78.9 Å². The van der Waals surface area contributed by atoms with Gasteiger partial charge < -0.3 is 4.42 Å². The molecule has 6 heteroatoms. The van der Waals surface area contributed by atoms with Crippen molar-refractivity contribution >= 4 is 21.9 Å². The summed E-state index contributed by atoms with van der Waals surface area (Å²) in [6, 6.07) is 67.3. The Hall–Kier alpha value is -8.45. The molecule has 0 fully saturated rings. The van der Waals surface area contributed by atoms with Crippen molar-refractivity contribution in [3.63, 3.8) is 0 Å². The van der Waals surface area contributed by atoms with Crippen LogP contribution in [0.25, 0.3) is 101 Å². The average Bonchev–Trinajstić information content (AvgIpc) is 3.70. The highest BCUT2D eigenvalue weighted by Crippen LogP contribution is 2.41. The summed E-state index contributed by atoms with van der Waals surface area (Å²) in [6.07, 6.45) is 0. The third-order valence-electron chi connectivity index (χ3n) is 10.5. The molecule has 0 amide bonds. The molecule has 0 unspecified atom stereocenters. The largest absolute Gasteiger partial charge is 0.456 e. The molecule has 0 saturated heterocycles. The van der Waals surface area contributed by atoms with Gasteiger partial charge in [0.2, 0.25) is 0 Å². The van der Waals surface area contributed by atoms with Crippen molar-refractivity contribution in [1.29, 1.82) is 10.5 Å². The van der Waals surface area contributed by atoms with Crippen molar-refractivity contribution in [2.45, 2.75) is 0 Å². The van der Waals surface area contributed by atoms with E-state index in [9.17, 15) is 10.5 Å². The van der Waals surface area contributed by atoms with Crippen LogP contribution < -0.4 is 0 Å². The van der Waals surface area contributed by atoms with Gasteiger partial charge in [0, 0.05) is 27.5 Å². The van der Waals surface area contributed by atoms with Gasteiger partial charge in [-0.3, -0.25) is 0 Å². The molecule has 10 rings (SSSR count). The zero-order chi connectivity index (χ0) is 39.7. The minimum atomic E-state index is 0.435. The van der Waals surface area contributed by atoms with E-state index in [-0.39, 0.29) is 0 Å². The van der Waals surface area contributed by atoms with Gasteiger partial charge in [0.25, 0.3) is 0 Å². The molecule has 0 radical (unpaired) electrons. The normalized spacial score (nSPS) is 11.0. The maximum Gasteiger partial charge on any atom is 0.164 e. The SMILES string of the molecule is N#Cc1cc(C#N)cc(-c2ccc(-c3nc(-c4ccccc4)nc(-c4ccc5c(c4)oc4cccc(-c6cc(-c7ccccc7)cc(-c7ccccc7)c6)c45)n3)cc2)c1. The fraction of sp³-hybridized carbons (Fsp3) is 0. The first-order valence-electron chi connectivity index (χ1n) is 19.2. The lowest BCUT2D eigenvalue weighted by Gasteiger charge is -2.12. The minimum Gasteiger partial charge on any atom is -0.456 e. The highest BCUT2D eigenvalue weighted by Gasteiger charge is 2.18. The van der Waals surface area contributed by atoms with Crippen LogP contribution in [-0.4, -0.2) is 15.0 Å². The lowest BCUT2D eigenvalue weighted by Crippen LogP contribution is -2.00. The van der Waals surface area contributed by atoms with Crippen LogP contribution >= 0.6 is 0 Å². The molecule has 8 aromatic carbocycles. The first-order valence-corrected chi connectivity index (χ1v) is 19.2. The number of hydrogen-bond donors (Lipinski definition) is 0. The summed E-state index contributed by atoms with van der Waals surface area (Å²) in [6.45, 7) is 0. The Morgan fingerprint density at radius 1 is 0.339 bits per heavy atom. The van der Waals surface area contributed by atoms with Gasteiger partial charge in [0.05, 0.1) is 23.3 Å². The van der Waals surface area contributed by atoms with E-state index in [1.165, 1.54) is 0 Å². The Kier molecular flexibility index (Phi) is 8.84. The monoisotopic (exact) mass is 753 g/mol. The number of benzene rings is 8. The van der Waals surface area contributed by atoms with Crippen molar-refractivity contribution in [2.75, 3.05) is 0 Å². The Morgan fingerprint density at radius 2 is 0.797 bits per heavy atom. The van der Waals surface area contributed by atoms with E-state index in [4.69, 9.17) is 19.4 Å². The third kappa shape index (κ3) is 6.78. The molecule has 274 valence electrons. The second-order valence-electron chi connectivity index (χ2n) is 14.3. The first kappa shape index (κ1) is 35.0. The Labute approximate surface area is 340 Å². The van der Waals surface area contributed by atoms with Gasteiger partial charge in [0.15, 0.2) is 17.5 Å². The molecule has 10 aromatic rings. The highest BCUT2D eigenvalue weighted by atomic mass is 16.3. The second kappa shape index (κ2) is 14.9. The molecular weight excluding hydrogens is 723 g/mol. The van der Waals surface area contributed by atoms with Crippen LogP contribution in [0.5, 0.6) is 0 Å². The summed E-state index contributed by atoms with van der Waals surface area (Å²) >= 11 is 0. The van der Waals surface area contributed by atoms with E-state index in [1.54, 1.807) is 18.2 Å². The number of furan rings is 1. The standard InChI is InChI=1S/C53H31N5O/c54-32-34-25-35(33-55)27-42(26-34)38-19-21-40(22-20-38)52-56-51(39-15-8-3-9-16-39)57-53(58-52)41-23-24-47-49(31-41)59-48-18-10-17-46(50(47)48)45-29-43(36-11-4-1-5-12-36)28-44(30-45)37-13-6-2-7-14-37/h1-31H. The van der Waals surface area contributed by atoms with Crippen LogP contribution in [0, 0.1) is 22.7 Å². The smallest absolute Gasteiger partial charge is 0.164 e. The molecule has 0 spiro atoms. The Balaban J connectivity index is 1.08. The van der Waals surface area contributed by atoms with Gasteiger partial charge in [-0.2, -0.15) is 10.5 Å². The third-order valence-corrected chi connectivity index (χ3v) is 10.5. The Morgan fingerprint density at radius 3 is 1.37 bits per heavy atom. The van der Waals surface area contributed by atoms with Crippen LogP contribution in [0.2, 0.25) is 0 Å². The Bertz CT molecular complexity index is 3180. The lowest BCUT2D eigenvalue weighted by atomic mass is 9.91. The maximum atomic E-state index is 9.52. The molecule has 0 saturated carbocycles. The summed E-state index contributed by atoms with van der Waals surface area (Å²) in [5, 5.41) is 21.1. The first-order chi connectivity index (χ1) is 29.1. The zero-order valence-corrected chi connectivity index (χ0v) is 31.5. The van der Waals surface area contributed by atoms with Crippen molar-refractivity contribution in [3.05, 3.63) is 199 Å². The van der Waals surface area contributed by atoms with Gasteiger partial charge in [-0.15, -0.1) is 0 Å². The second-order valence-corrected chi connectivity index (χ2v) is 14.3. The predicted molar refractivity (Wildman–Crippen MR) is 235 cm³/mol. The van der Waals surface area contributed by atoms with Crippen LogP contribution in [-0.2, 0) is 0 Å². The van der Waals surface area contributed by atoms with E-state index in [0.29, 0.717) is 28.6 Å². The molecule has 0 N–H and O–H groups in total. The summed E-state index contributed by atoms with van der Waals surface area (Å²) < 4.78 is 6.61. The molecule has 0 aliphatic rings. The molecule has 6 nitrogen and oxygen atoms in total. The maximum absolute atomic E-state index is 9.52. The van der Waals surface area contributed by atoms with Gasteiger partial charge in [-0.1, -0.05) is 133 Å². The average molecular weight is 754 g/mol. The molecule has 0 aliphatic heterocycles. The number of aromatic nitrogens is 3. The lowest BCUT2D eigenvalue weighted by molar-refractivity contribution is 0.669. The van der Waals surface area contributed by atoms with E-state index >= 15 is 0 Å². The van der Waals surface area contributed by atoms with Crippen LogP contribution in [0.15, 0.2) is 192 Å². The molecule has 0 bridgehead atoms. The van der Waals surface area contributed by atoms with Crippen molar-refractivity contribution in [1.82, 2.24) is 15.0 Å². The van der Waals surface area contributed by atoms with Crippen LogP contribution in [0.3, 0.4) is 0 Å². The number of fused-ring (bicyclic) bond motifs is 3. The highest BCUT2D eigenvalue weighted by molar-refractivity contribution is 6.13. The fourth-order valence-corrected chi connectivity index (χ4v) is 7.67. The van der Waals surface area contributed by atoms with Crippen molar-refractivity contribution in [2.24, 2.45) is 0 Å². The summed E-state index contributed by atoms with van der Waals surface area (Å²) in [5.74, 6) is 1.59. The van der Waals surface area contributed by atoms with E-state index in [0.717, 1.165) is 83.1 Å². The van der Waals surface area contributed by atoms with Gasteiger partial charge in [0.1, 0.15) is 11.2 Å². The van der Waals surface area contributed by atoms with Crippen molar-refractivity contribution < 1.29 is 4.42 Å². The molecular formula is C53H31N5O. The minimum absolute atomic E-state index is 0.435. The van der Waals surface area contributed by atoms with Gasteiger partial charge >= 0.3 is 0 Å². The van der Waals surface area contributed by atoms with Gasteiger partial charge in [-0.05, 0) is 99.1 Å². The summed E-state index contributed by atoms with van der Waals surface area (Å²) in [4.78, 5) is 14.9. The quantitative estimate of drug-likeness (QED) is 0.161. The van der Waals surface area contributed by atoms with Gasteiger partial charge in [-0.25, -0.2) is 15.0 Å². The molecule has 59 heavy (non-hydrogen) atoms. The zero-order valence-electron chi connectivity index (χ0n) is 31.5. The molecule has 0 aliphatic carbocycles. The summed E-state index contributed by atoms with van der Waals surface area (Å²) in [7, 11) is 0. The molecule has 2 aromatic heterocycles. The fourth-order valence-electron chi connectivity index (χ4n) is 7.67. The van der Waals surface area contributed by atoms with E-state index < -0.39 is 0 Å². The predicted octanol–water partition coefficient (Wildman–Crippen LogP) is 13.2. The topological polar surface area (TPSA) is 99.4 Å². The number of hydrogen-bond acceptors (Lipinski definition) is 6. The summed E-state index contributed by atoms with van der Waals surface area (Å²) in [5.41, 5.74) is 13.3. The van der Waals surface area contributed by atoms with Crippen molar-refractivity contribution in [3.8, 4) is 90.8 Å². The van der Waals surface area contributed by atoms with E-state index in [2.05, 4.69) is 103 Å². The number of nitriles is 2. The number of rotatable bonds is 7.